The zero-order valence-electron chi connectivity index (χ0n) is 18.6. The molecule has 0 amide bonds. The Labute approximate surface area is 198 Å². The van der Waals surface area contributed by atoms with Crippen LogP contribution >= 0.6 is 12.2 Å². The fourth-order valence-corrected chi connectivity index (χ4v) is 5.09. The fourth-order valence-electron chi connectivity index (χ4n) is 4.79. The molecule has 2 aromatic carbocycles. The Balaban J connectivity index is 1.63. The molecule has 2 atom stereocenters. The Bertz CT molecular complexity index is 1290. The van der Waals surface area contributed by atoms with Gasteiger partial charge in [0.2, 0.25) is 0 Å². The van der Waals surface area contributed by atoms with Crippen LogP contribution in [-0.4, -0.2) is 19.6 Å². The standard InChI is InChI=1S/C27H25FN4S/c1-18-16-21(19(2)32(18)24-14-7-6-12-22(24)28)26-25(23-13-8-9-15-29-23)30-27(33)31(26)17-20-10-4-3-5-11-20/h3-16,25-26H,17H2,1-2H3,(H,30,33)/t25-,26+/m1/s1. The van der Waals surface area contributed by atoms with Gasteiger partial charge >= 0.3 is 0 Å². The molecule has 0 radical (unpaired) electrons. The van der Waals surface area contributed by atoms with E-state index in [9.17, 15) is 4.39 Å². The topological polar surface area (TPSA) is 33.1 Å². The van der Waals surface area contributed by atoms with Gasteiger partial charge in [-0.3, -0.25) is 4.98 Å². The van der Waals surface area contributed by atoms with Crippen molar-refractivity contribution in [2.45, 2.75) is 32.5 Å². The van der Waals surface area contributed by atoms with Crippen LogP contribution in [0, 0.1) is 19.7 Å². The molecule has 1 fully saturated rings. The van der Waals surface area contributed by atoms with Crippen molar-refractivity contribution in [2.75, 3.05) is 0 Å². The van der Waals surface area contributed by atoms with E-state index in [2.05, 4.69) is 33.4 Å². The molecule has 1 aliphatic rings. The third-order valence-corrected chi connectivity index (χ3v) is 6.63. The summed E-state index contributed by atoms with van der Waals surface area (Å²) in [6, 6.07) is 25.1. The number of hydrogen-bond donors (Lipinski definition) is 1. The monoisotopic (exact) mass is 456 g/mol. The van der Waals surface area contributed by atoms with Crippen molar-refractivity contribution < 1.29 is 4.39 Å². The number of thiocarbonyl (C=S) groups is 1. The van der Waals surface area contributed by atoms with Crippen molar-refractivity contribution in [1.82, 2.24) is 19.8 Å². The maximum absolute atomic E-state index is 14.7. The summed E-state index contributed by atoms with van der Waals surface area (Å²) in [5.74, 6) is -0.242. The van der Waals surface area contributed by atoms with E-state index >= 15 is 0 Å². The van der Waals surface area contributed by atoms with E-state index in [4.69, 9.17) is 12.2 Å². The second kappa shape index (κ2) is 8.79. The second-order valence-corrected chi connectivity index (χ2v) is 8.74. The van der Waals surface area contributed by atoms with E-state index < -0.39 is 0 Å². The van der Waals surface area contributed by atoms with Crippen molar-refractivity contribution in [2.24, 2.45) is 0 Å². The summed E-state index contributed by atoms with van der Waals surface area (Å²) < 4.78 is 16.7. The number of rotatable bonds is 5. The molecule has 1 N–H and O–H groups in total. The SMILES string of the molecule is Cc1cc([C@H]2[C@@H](c3ccccn3)NC(=S)N2Cc2ccccc2)c(C)n1-c1ccccc1F. The summed E-state index contributed by atoms with van der Waals surface area (Å²) in [6.07, 6.45) is 1.81. The van der Waals surface area contributed by atoms with Crippen molar-refractivity contribution in [3.63, 3.8) is 0 Å². The lowest BCUT2D eigenvalue weighted by Crippen LogP contribution is -2.29. The van der Waals surface area contributed by atoms with Gasteiger partial charge in [-0.1, -0.05) is 48.5 Å². The number of pyridine rings is 1. The van der Waals surface area contributed by atoms with Crippen LogP contribution in [0.1, 0.15) is 40.3 Å². The van der Waals surface area contributed by atoms with Crippen LogP contribution < -0.4 is 5.32 Å². The van der Waals surface area contributed by atoms with Gasteiger partial charge in [-0.15, -0.1) is 0 Å². The minimum atomic E-state index is -0.242. The molecule has 0 unspecified atom stereocenters. The first-order valence-corrected chi connectivity index (χ1v) is 11.4. The summed E-state index contributed by atoms with van der Waals surface area (Å²) in [4.78, 5) is 6.85. The number of aryl methyl sites for hydroxylation is 1. The van der Waals surface area contributed by atoms with Gasteiger partial charge in [0.15, 0.2) is 5.11 Å². The van der Waals surface area contributed by atoms with E-state index in [1.807, 2.05) is 66.9 Å². The molecule has 0 spiro atoms. The third-order valence-electron chi connectivity index (χ3n) is 6.28. The Morgan fingerprint density at radius 2 is 1.70 bits per heavy atom. The average Bonchev–Trinajstić information content (AvgIpc) is 3.30. The molecule has 0 saturated carbocycles. The van der Waals surface area contributed by atoms with Crippen LogP contribution in [0.4, 0.5) is 4.39 Å². The Hall–Kier alpha value is -3.51. The molecule has 3 heterocycles. The molecule has 6 heteroatoms. The summed E-state index contributed by atoms with van der Waals surface area (Å²) in [7, 11) is 0. The van der Waals surface area contributed by atoms with E-state index in [0.29, 0.717) is 17.3 Å². The number of hydrogen-bond acceptors (Lipinski definition) is 2. The van der Waals surface area contributed by atoms with Crippen LogP contribution in [0.15, 0.2) is 85.1 Å². The lowest BCUT2D eigenvalue weighted by molar-refractivity contribution is 0.310. The average molecular weight is 457 g/mol. The molecule has 4 aromatic rings. The molecule has 1 aliphatic heterocycles. The molecule has 2 aromatic heterocycles. The molecule has 1 saturated heterocycles. The summed E-state index contributed by atoms with van der Waals surface area (Å²) >= 11 is 5.81. The largest absolute Gasteiger partial charge is 0.352 e. The summed E-state index contributed by atoms with van der Waals surface area (Å²) in [6.45, 7) is 4.73. The van der Waals surface area contributed by atoms with Gasteiger partial charge in [0.05, 0.1) is 23.5 Å². The lowest BCUT2D eigenvalue weighted by Gasteiger charge is -2.28. The molecule has 166 valence electrons. The summed E-state index contributed by atoms with van der Waals surface area (Å²) in [5.41, 5.74) is 5.73. The smallest absolute Gasteiger partial charge is 0.170 e. The van der Waals surface area contributed by atoms with E-state index in [1.165, 1.54) is 11.6 Å². The van der Waals surface area contributed by atoms with Crippen LogP contribution in [0.5, 0.6) is 0 Å². The Morgan fingerprint density at radius 3 is 2.42 bits per heavy atom. The predicted molar refractivity (Wildman–Crippen MR) is 133 cm³/mol. The lowest BCUT2D eigenvalue weighted by atomic mass is 9.96. The number of nitrogens with one attached hydrogen (secondary N) is 1. The number of nitrogens with zero attached hydrogens (tertiary/aromatic N) is 3. The number of para-hydroxylation sites is 1. The van der Waals surface area contributed by atoms with Gasteiger partial charge < -0.3 is 14.8 Å². The van der Waals surface area contributed by atoms with Crippen LogP contribution in [0.25, 0.3) is 5.69 Å². The van der Waals surface area contributed by atoms with E-state index in [-0.39, 0.29) is 17.9 Å². The fraction of sp³-hybridized carbons (Fsp3) is 0.185. The summed E-state index contributed by atoms with van der Waals surface area (Å²) in [5, 5.41) is 4.20. The molecule has 4 nitrogen and oxygen atoms in total. The van der Waals surface area contributed by atoms with Crippen molar-refractivity contribution >= 4 is 17.3 Å². The molecule has 0 bridgehead atoms. The van der Waals surface area contributed by atoms with Gasteiger partial charge in [0, 0.05) is 24.1 Å². The molecular formula is C27H25FN4S. The van der Waals surface area contributed by atoms with Crippen molar-refractivity contribution in [3.8, 4) is 5.69 Å². The minimum absolute atomic E-state index is 0.0840. The minimum Gasteiger partial charge on any atom is -0.352 e. The van der Waals surface area contributed by atoms with Gasteiger partial charge in [-0.05, 0) is 67.5 Å². The zero-order valence-corrected chi connectivity index (χ0v) is 19.4. The highest BCUT2D eigenvalue weighted by atomic mass is 32.1. The Morgan fingerprint density at radius 1 is 0.970 bits per heavy atom. The quantitative estimate of drug-likeness (QED) is 0.385. The third kappa shape index (κ3) is 3.91. The van der Waals surface area contributed by atoms with Crippen molar-refractivity contribution in [3.05, 3.63) is 119 Å². The molecule has 33 heavy (non-hydrogen) atoms. The highest BCUT2D eigenvalue weighted by Crippen LogP contribution is 2.42. The zero-order chi connectivity index (χ0) is 22.9. The van der Waals surface area contributed by atoms with Crippen LogP contribution in [0.3, 0.4) is 0 Å². The molecular weight excluding hydrogens is 431 g/mol. The number of aromatic nitrogens is 2. The highest BCUT2D eigenvalue weighted by Gasteiger charge is 2.41. The number of benzene rings is 2. The van der Waals surface area contributed by atoms with Crippen LogP contribution in [-0.2, 0) is 6.54 Å². The first-order chi connectivity index (χ1) is 16.0. The maximum atomic E-state index is 14.7. The first kappa shape index (κ1) is 21.3. The second-order valence-electron chi connectivity index (χ2n) is 8.35. The van der Waals surface area contributed by atoms with E-state index in [1.54, 1.807) is 12.3 Å². The maximum Gasteiger partial charge on any atom is 0.170 e. The van der Waals surface area contributed by atoms with Crippen molar-refractivity contribution in [1.29, 1.82) is 0 Å². The number of halogens is 1. The molecule has 0 aliphatic carbocycles. The normalized spacial score (nSPS) is 17.9. The van der Waals surface area contributed by atoms with Gasteiger partial charge in [-0.2, -0.15) is 0 Å². The highest BCUT2D eigenvalue weighted by molar-refractivity contribution is 7.80. The van der Waals surface area contributed by atoms with Crippen LogP contribution in [0.2, 0.25) is 0 Å². The van der Waals surface area contributed by atoms with Gasteiger partial charge in [-0.25, -0.2) is 4.39 Å². The van der Waals surface area contributed by atoms with E-state index in [0.717, 1.165) is 22.6 Å². The first-order valence-electron chi connectivity index (χ1n) is 11.0. The Kier molecular flexibility index (Phi) is 5.68. The predicted octanol–water partition coefficient (Wildman–Crippen LogP) is 5.80. The molecule has 5 rings (SSSR count). The van der Waals surface area contributed by atoms with Gasteiger partial charge in [0.1, 0.15) is 5.82 Å². The van der Waals surface area contributed by atoms with Gasteiger partial charge in [0.25, 0.3) is 0 Å².